The number of aliphatic hydroxyl groups is 1. The van der Waals surface area contributed by atoms with Gasteiger partial charge in [-0.2, -0.15) is 0 Å². The Hall–Kier alpha value is -2.55. The van der Waals surface area contributed by atoms with Gasteiger partial charge in [0.05, 0.1) is 18.7 Å². The molecule has 3 rings (SSSR count). The third-order valence-corrected chi connectivity index (χ3v) is 6.05. The van der Waals surface area contributed by atoms with Gasteiger partial charge in [0.25, 0.3) is 0 Å². The van der Waals surface area contributed by atoms with Crippen molar-refractivity contribution in [3.8, 4) is 11.3 Å². The quantitative estimate of drug-likeness (QED) is 0.470. The van der Waals surface area contributed by atoms with Crippen LogP contribution in [0.1, 0.15) is 59.1 Å². The van der Waals surface area contributed by atoms with Crippen LogP contribution in [0.2, 0.25) is 5.15 Å². The predicted molar refractivity (Wildman–Crippen MR) is 141 cm³/mol. The van der Waals surface area contributed by atoms with Crippen molar-refractivity contribution in [3.63, 3.8) is 0 Å². The van der Waals surface area contributed by atoms with Gasteiger partial charge in [-0.1, -0.05) is 63.6 Å². The van der Waals surface area contributed by atoms with Gasteiger partial charge in [0.1, 0.15) is 5.69 Å². The van der Waals surface area contributed by atoms with Crippen LogP contribution in [0.5, 0.6) is 0 Å². The summed E-state index contributed by atoms with van der Waals surface area (Å²) in [5, 5.41) is 15.2. The number of amides is 2. The van der Waals surface area contributed by atoms with Gasteiger partial charge in [-0.15, -0.1) is 0 Å². The van der Waals surface area contributed by atoms with Crippen molar-refractivity contribution < 1.29 is 14.7 Å². The molecular weight excluding hydrogens is 466 g/mol. The molecule has 0 radical (unpaired) electrons. The number of hydrogen-bond acceptors (Lipinski definition) is 6. The van der Waals surface area contributed by atoms with Crippen molar-refractivity contribution >= 4 is 23.9 Å². The zero-order valence-electron chi connectivity index (χ0n) is 21.7. The van der Waals surface area contributed by atoms with Crippen LogP contribution in [0.4, 0.5) is 0 Å². The Balaban J connectivity index is 0.000000341. The number of hydrogen-bond donors (Lipinski definition) is 3. The van der Waals surface area contributed by atoms with Gasteiger partial charge in [-0.3, -0.25) is 14.6 Å². The Morgan fingerprint density at radius 2 is 1.86 bits per heavy atom. The van der Waals surface area contributed by atoms with E-state index in [0.29, 0.717) is 29.2 Å². The molecule has 3 N–H and O–H groups in total. The first-order valence-electron chi connectivity index (χ1n) is 12.2. The molecule has 1 aromatic carbocycles. The number of halogens is 1. The number of rotatable bonds is 8. The van der Waals surface area contributed by atoms with Crippen molar-refractivity contribution in [2.75, 3.05) is 20.2 Å². The maximum Gasteiger partial charge on any atom is 0.240 e. The van der Waals surface area contributed by atoms with Gasteiger partial charge in [0, 0.05) is 30.5 Å². The topological polar surface area (TPSA) is 107 Å². The number of benzene rings is 1. The fourth-order valence-corrected chi connectivity index (χ4v) is 4.12. The van der Waals surface area contributed by atoms with Crippen LogP contribution in [0.25, 0.3) is 11.3 Å². The minimum absolute atomic E-state index is 0.0180. The third-order valence-electron chi connectivity index (χ3n) is 5.77. The van der Waals surface area contributed by atoms with Crippen LogP contribution in [-0.4, -0.2) is 64.6 Å². The fraction of sp³-hybridized carbons (Fsp3) is 0.538. The van der Waals surface area contributed by atoms with Gasteiger partial charge >= 0.3 is 0 Å². The van der Waals surface area contributed by atoms with E-state index in [0.717, 1.165) is 30.5 Å². The first kappa shape index (κ1) is 30.5. The number of nitrogens with zero attached hydrogens (tertiary/aromatic N) is 3. The molecule has 35 heavy (non-hydrogen) atoms. The number of carbonyl (C=O) groups is 2. The van der Waals surface area contributed by atoms with E-state index in [4.69, 9.17) is 11.6 Å². The lowest BCUT2D eigenvalue weighted by molar-refractivity contribution is -0.134. The molecule has 1 fully saturated rings. The highest BCUT2D eigenvalue weighted by molar-refractivity contribution is 6.31. The van der Waals surface area contributed by atoms with Gasteiger partial charge in [-0.05, 0) is 38.3 Å². The van der Waals surface area contributed by atoms with E-state index < -0.39 is 6.04 Å². The molecule has 3 atom stereocenters. The Bertz CT molecular complexity index is 891. The van der Waals surface area contributed by atoms with Gasteiger partial charge < -0.3 is 20.6 Å². The molecule has 1 aromatic heterocycles. The summed E-state index contributed by atoms with van der Waals surface area (Å²) < 4.78 is 0. The van der Waals surface area contributed by atoms with E-state index in [-0.39, 0.29) is 18.6 Å². The highest BCUT2D eigenvalue weighted by Crippen LogP contribution is 2.25. The molecular formula is C26H40ClN5O3. The molecule has 8 nitrogen and oxygen atoms in total. The molecule has 1 saturated heterocycles. The minimum Gasteiger partial charge on any atom is -0.394 e. The monoisotopic (exact) mass is 505 g/mol. The van der Waals surface area contributed by atoms with Crippen molar-refractivity contribution in [1.82, 2.24) is 25.5 Å². The zero-order chi connectivity index (χ0) is 26.4. The van der Waals surface area contributed by atoms with Crippen LogP contribution in [-0.2, 0) is 9.59 Å². The largest absolute Gasteiger partial charge is 0.394 e. The molecule has 0 saturated carbocycles. The molecule has 2 aromatic rings. The van der Waals surface area contributed by atoms with Crippen molar-refractivity contribution in [2.45, 2.75) is 65.6 Å². The number of carbonyl (C=O) groups excluding carboxylic acids is 2. The third kappa shape index (κ3) is 8.87. The summed E-state index contributed by atoms with van der Waals surface area (Å²) in [6, 6.07) is 7.24. The number of aromatic nitrogens is 2. The normalized spacial score (nSPS) is 16.4. The van der Waals surface area contributed by atoms with E-state index in [2.05, 4.69) is 41.4 Å². The average Bonchev–Trinajstić information content (AvgIpc) is 3.30. The van der Waals surface area contributed by atoms with Gasteiger partial charge in [-0.25, -0.2) is 4.98 Å². The number of likely N-dealkylation sites (tertiary alicyclic amines) is 1. The van der Waals surface area contributed by atoms with Crippen molar-refractivity contribution in [3.05, 3.63) is 47.4 Å². The lowest BCUT2D eigenvalue weighted by Crippen LogP contribution is -2.49. The first-order valence-corrected chi connectivity index (χ1v) is 12.6. The van der Waals surface area contributed by atoms with Gasteiger partial charge in [0.2, 0.25) is 12.3 Å². The SMILES string of the molecule is CC.CNC(C(=O)N1CCCC1C)C(C)C.O=CNC(CO)c1ccc(-c2nccnc2Cl)cc1. The predicted octanol–water partition coefficient (Wildman–Crippen LogP) is 3.84. The summed E-state index contributed by atoms with van der Waals surface area (Å²) in [7, 11) is 1.86. The zero-order valence-corrected chi connectivity index (χ0v) is 22.4. The summed E-state index contributed by atoms with van der Waals surface area (Å²) in [6.07, 6.45) is 5.96. The van der Waals surface area contributed by atoms with E-state index in [1.807, 2.05) is 37.9 Å². The maximum absolute atomic E-state index is 12.1. The summed E-state index contributed by atoms with van der Waals surface area (Å²) in [6.45, 7) is 11.1. The molecule has 194 valence electrons. The lowest BCUT2D eigenvalue weighted by atomic mass is 10.0. The highest BCUT2D eigenvalue weighted by Gasteiger charge is 2.31. The van der Waals surface area contributed by atoms with Crippen LogP contribution < -0.4 is 10.6 Å². The Labute approximate surface area is 214 Å². The summed E-state index contributed by atoms with van der Waals surface area (Å²) in [4.78, 5) is 32.7. The Morgan fingerprint density at radius 3 is 2.31 bits per heavy atom. The van der Waals surface area contributed by atoms with Crippen LogP contribution in [0.15, 0.2) is 36.7 Å². The standard InChI is InChI=1S/C13H12ClN3O2.C11H22N2O.C2H6/c14-13-12(15-5-6-16-13)10-3-1-9(2-4-10)11(7-18)17-8-19;1-8(2)10(12-4)11(14)13-7-5-6-9(13)3;1-2/h1-6,8,11,18H,7H2,(H,17,19);8-10,12H,5-7H2,1-4H3;1-2H3. The van der Waals surface area contributed by atoms with Crippen molar-refractivity contribution in [2.24, 2.45) is 5.92 Å². The average molecular weight is 506 g/mol. The fourth-order valence-electron chi connectivity index (χ4n) is 3.91. The molecule has 2 heterocycles. The summed E-state index contributed by atoms with van der Waals surface area (Å²) in [5.41, 5.74) is 2.22. The van der Waals surface area contributed by atoms with Crippen LogP contribution >= 0.6 is 11.6 Å². The van der Waals surface area contributed by atoms with Crippen LogP contribution in [0.3, 0.4) is 0 Å². The lowest BCUT2D eigenvalue weighted by Gasteiger charge is -2.28. The van der Waals surface area contributed by atoms with E-state index in [9.17, 15) is 14.7 Å². The minimum atomic E-state index is -0.413. The molecule has 1 aliphatic heterocycles. The number of likely N-dealkylation sites (N-methyl/N-ethyl adjacent to an activating group) is 1. The van der Waals surface area contributed by atoms with E-state index in [1.54, 1.807) is 18.3 Å². The Morgan fingerprint density at radius 1 is 1.23 bits per heavy atom. The summed E-state index contributed by atoms with van der Waals surface area (Å²) >= 11 is 5.97. The van der Waals surface area contributed by atoms with Crippen molar-refractivity contribution in [1.29, 1.82) is 0 Å². The second kappa shape index (κ2) is 16.2. The molecule has 0 aliphatic carbocycles. The first-order chi connectivity index (χ1) is 16.8. The van der Waals surface area contributed by atoms with E-state index in [1.165, 1.54) is 6.20 Å². The van der Waals surface area contributed by atoms with Crippen LogP contribution in [0, 0.1) is 5.92 Å². The number of nitrogens with one attached hydrogen (secondary N) is 2. The number of aliphatic hydroxyl groups excluding tert-OH is 1. The summed E-state index contributed by atoms with van der Waals surface area (Å²) in [5.74, 6) is 0.632. The second-order valence-corrected chi connectivity index (χ2v) is 8.73. The molecule has 0 spiro atoms. The molecule has 3 unspecified atom stereocenters. The van der Waals surface area contributed by atoms with Gasteiger partial charge in [0.15, 0.2) is 5.15 Å². The molecule has 2 amide bonds. The molecule has 0 bridgehead atoms. The molecule has 9 heteroatoms. The maximum atomic E-state index is 12.1. The smallest absolute Gasteiger partial charge is 0.240 e. The highest BCUT2D eigenvalue weighted by atomic mass is 35.5. The molecule has 1 aliphatic rings. The second-order valence-electron chi connectivity index (χ2n) is 8.37. The Kier molecular flexibility index (Phi) is 14.1. The van der Waals surface area contributed by atoms with E-state index >= 15 is 0 Å².